The number of nitrogens with one attached hydrogen (secondary N) is 1. The van der Waals surface area contributed by atoms with Gasteiger partial charge in [-0.25, -0.2) is 4.98 Å². The zero-order chi connectivity index (χ0) is 20.3. The van der Waals surface area contributed by atoms with Crippen LogP contribution >= 0.6 is 24.0 Å². The number of pyridine rings is 1. The molecule has 1 amide bonds. The van der Waals surface area contributed by atoms with E-state index in [9.17, 15) is 9.59 Å². The first-order chi connectivity index (χ1) is 13.4. The molecule has 0 aromatic carbocycles. The van der Waals surface area contributed by atoms with E-state index in [0.717, 1.165) is 17.3 Å². The van der Waals surface area contributed by atoms with Gasteiger partial charge in [0.25, 0.3) is 11.5 Å². The SMILES string of the molecule is Cc1ccc2nc(NCCOCCO)c(C=C3SC(=S)N(C)C3=O)c(=O)n2c1. The highest BCUT2D eigenvalue weighted by atomic mass is 32.2. The molecule has 0 unspecified atom stereocenters. The Balaban J connectivity index is 2.03. The number of aliphatic hydroxyl groups excluding tert-OH is 1. The molecule has 0 aliphatic carbocycles. The predicted octanol–water partition coefficient (Wildman–Crippen LogP) is 1.25. The lowest BCUT2D eigenvalue weighted by Crippen LogP contribution is -2.24. The average molecular weight is 421 g/mol. The fourth-order valence-electron chi connectivity index (χ4n) is 2.61. The van der Waals surface area contributed by atoms with Crippen LogP contribution in [0.25, 0.3) is 11.7 Å². The number of rotatable bonds is 7. The van der Waals surface area contributed by atoms with Crippen LogP contribution in [-0.4, -0.2) is 63.0 Å². The van der Waals surface area contributed by atoms with Crippen molar-refractivity contribution in [2.75, 3.05) is 38.7 Å². The van der Waals surface area contributed by atoms with Gasteiger partial charge in [0.2, 0.25) is 0 Å². The molecule has 0 bridgehead atoms. The Morgan fingerprint density at radius 1 is 1.36 bits per heavy atom. The van der Waals surface area contributed by atoms with Crippen molar-refractivity contribution in [1.82, 2.24) is 14.3 Å². The molecule has 2 N–H and O–H groups in total. The van der Waals surface area contributed by atoms with Gasteiger partial charge in [0.05, 0.1) is 30.3 Å². The molecular formula is C18H20N4O4S2. The summed E-state index contributed by atoms with van der Waals surface area (Å²) in [7, 11) is 1.60. The van der Waals surface area contributed by atoms with E-state index in [-0.39, 0.29) is 30.2 Å². The van der Waals surface area contributed by atoms with Crippen molar-refractivity contribution >= 4 is 51.7 Å². The summed E-state index contributed by atoms with van der Waals surface area (Å²) in [5.74, 6) is 0.115. The standard InChI is InChI=1S/C18H20N4O4S2/c1-11-3-4-14-20-15(19-5-7-26-8-6-23)12(16(24)22(14)10-11)9-13-17(25)21(2)18(27)28-13/h3-4,9-10,19,23H,5-8H2,1-2H3. The van der Waals surface area contributed by atoms with Crippen LogP contribution in [0.2, 0.25) is 0 Å². The molecule has 3 rings (SSSR count). The highest BCUT2D eigenvalue weighted by Gasteiger charge is 2.29. The Hall–Kier alpha value is -2.27. The molecule has 0 atom stereocenters. The molecule has 1 aliphatic heterocycles. The lowest BCUT2D eigenvalue weighted by atomic mass is 10.2. The zero-order valence-corrected chi connectivity index (χ0v) is 17.1. The lowest BCUT2D eigenvalue weighted by molar-refractivity contribution is -0.121. The fourth-order valence-corrected chi connectivity index (χ4v) is 3.77. The van der Waals surface area contributed by atoms with Crippen molar-refractivity contribution in [1.29, 1.82) is 0 Å². The maximum Gasteiger partial charge on any atom is 0.267 e. The summed E-state index contributed by atoms with van der Waals surface area (Å²) in [6, 6.07) is 3.64. The van der Waals surface area contributed by atoms with E-state index in [0.29, 0.717) is 33.8 Å². The van der Waals surface area contributed by atoms with Crippen molar-refractivity contribution in [3.63, 3.8) is 0 Å². The molecule has 1 saturated heterocycles. The highest BCUT2D eigenvalue weighted by molar-refractivity contribution is 8.26. The van der Waals surface area contributed by atoms with Gasteiger partial charge in [-0.15, -0.1) is 0 Å². The molecule has 0 spiro atoms. The average Bonchev–Trinajstić information content (AvgIpc) is 2.91. The number of aliphatic hydroxyl groups is 1. The molecule has 0 radical (unpaired) electrons. The van der Waals surface area contributed by atoms with Gasteiger partial charge in [-0.2, -0.15) is 0 Å². The quantitative estimate of drug-likeness (QED) is 0.393. The van der Waals surface area contributed by atoms with E-state index in [1.54, 1.807) is 19.3 Å². The summed E-state index contributed by atoms with van der Waals surface area (Å²) in [4.78, 5) is 31.7. The number of carbonyl (C=O) groups excluding carboxylic acids is 1. The van der Waals surface area contributed by atoms with Crippen LogP contribution in [0.15, 0.2) is 28.0 Å². The first kappa shape index (κ1) is 20.5. The second-order valence-electron chi connectivity index (χ2n) is 6.12. The number of thiocarbonyl (C=S) groups is 1. The third kappa shape index (κ3) is 4.25. The van der Waals surface area contributed by atoms with Crippen LogP contribution in [0, 0.1) is 6.92 Å². The highest BCUT2D eigenvalue weighted by Crippen LogP contribution is 2.31. The van der Waals surface area contributed by atoms with Gasteiger partial charge in [-0.05, 0) is 24.6 Å². The monoisotopic (exact) mass is 420 g/mol. The van der Waals surface area contributed by atoms with Crippen molar-refractivity contribution in [2.45, 2.75) is 6.92 Å². The number of fused-ring (bicyclic) bond motifs is 1. The predicted molar refractivity (Wildman–Crippen MR) is 114 cm³/mol. The minimum atomic E-state index is -0.283. The van der Waals surface area contributed by atoms with E-state index in [1.807, 2.05) is 13.0 Å². The Bertz CT molecular complexity index is 1020. The number of aryl methyl sites for hydroxylation is 1. The van der Waals surface area contributed by atoms with Crippen LogP contribution < -0.4 is 10.9 Å². The summed E-state index contributed by atoms with van der Waals surface area (Å²) in [5, 5.41) is 11.9. The van der Waals surface area contributed by atoms with Crippen molar-refractivity contribution in [3.05, 3.63) is 44.7 Å². The Morgan fingerprint density at radius 2 is 2.14 bits per heavy atom. The molecule has 2 aromatic heterocycles. The third-order valence-corrected chi connectivity index (χ3v) is 5.53. The number of likely N-dealkylation sites (N-methyl/N-ethyl adjacent to an activating group) is 1. The number of nitrogens with zero attached hydrogens (tertiary/aromatic N) is 3. The van der Waals surface area contributed by atoms with Crippen LogP contribution in [0.5, 0.6) is 0 Å². The van der Waals surface area contributed by atoms with E-state index < -0.39 is 0 Å². The summed E-state index contributed by atoms with van der Waals surface area (Å²) >= 11 is 6.31. The first-order valence-corrected chi connectivity index (χ1v) is 9.82. The summed E-state index contributed by atoms with van der Waals surface area (Å²) in [6.07, 6.45) is 3.24. The minimum Gasteiger partial charge on any atom is -0.394 e. The van der Waals surface area contributed by atoms with Crippen LogP contribution in [0.4, 0.5) is 5.82 Å². The number of ether oxygens (including phenoxy) is 1. The van der Waals surface area contributed by atoms with Crippen LogP contribution in [-0.2, 0) is 9.53 Å². The van der Waals surface area contributed by atoms with Crippen LogP contribution in [0.3, 0.4) is 0 Å². The van der Waals surface area contributed by atoms with E-state index >= 15 is 0 Å². The second-order valence-corrected chi connectivity index (χ2v) is 7.79. The molecule has 0 saturated carbocycles. The fraction of sp³-hybridized carbons (Fsp3) is 0.333. The molecule has 2 aromatic rings. The van der Waals surface area contributed by atoms with Gasteiger partial charge in [-0.3, -0.25) is 18.9 Å². The van der Waals surface area contributed by atoms with Gasteiger partial charge in [0.15, 0.2) is 0 Å². The number of amides is 1. The van der Waals surface area contributed by atoms with E-state index in [4.69, 9.17) is 22.1 Å². The molecule has 1 fully saturated rings. The molecule has 8 nitrogen and oxygen atoms in total. The normalized spacial score (nSPS) is 15.8. The number of hydrogen-bond acceptors (Lipinski definition) is 8. The van der Waals surface area contributed by atoms with Crippen LogP contribution in [0.1, 0.15) is 11.1 Å². The Labute approximate surface area is 171 Å². The van der Waals surface area contributed by atoms with Gasteiger partial charge >= 0.3 is 0 Å². The molecule has 28 heavy (non-hydrogen) atoms. The summed E-state index contributed by atoms with van der Waals surface area (Å²) < 4.78 is 7.13. The summed E-state index contributed by atoms with van der Waals surface area (Å²) in [5.41, 5.74) is 1.41. The zero-order valence-electron chi connectivity index (χ0n) is 15.5. The maximum absolute atomic E-state index is 13.1. The van der Waals surface area contributed by atoms with E-state index in [1.165, 1.54) is 15.4 Å². The number of thioether (sulfide) groups is 1. The number of anilines is 1. The first-order valence-electron chi connectivity index (χ1n) is 8.59. The minimum absolute atomic E-state index is 0.0565. The smallest absolute Gasteiger partial charge is 0.267 e. The Kier molecular flexibility index (Phi) is 6.45. The van der Waals surface area contributed by atoms with Gasteiger partial charge in [-0.1, -0.05) is 30.0 Å². The molecule has 1 aliphatic rings. The molecule has 3 heterocycles. The summed E-state index contributed by atoms with van der Waals surface area (Å²) in [6.45, 7) is 2.80. The Morgan fingerprint density at radius 3 is 2.82 bits per heavy atom. The van der Waals surface area contributed by atoms with Crippen molar-refractivity contribution < 1.29 is 14.6 Å². The number of hydrogen-bond donors (Lipinski definition) is 2. The van der Waals surface area contributed by atoms with Gasteiger partial charge in [0, 0.05) is 19.8 Å². The second kappa shape index (κ2) is 8.82. The third-order valence-electron chi connectivity index (χ3n) is 4.04. The van der Waals surface area contributed by atoms with Gasteiger partial charge < -0.3 is 15.2 Å². The largest absolute Gasteiger partial charge is 0.394 e. The van der Waals surface area contributed by atoms with E-state index in [2.05, 4.69) is 10.3 Å². The van der Waals surface area contributed by atoms with Gasteiger partial charge in [0.1, 0.15) is 15.8 Å². The molecular weight excluding hydrogens is 400 g/mol. The molecule has 10 heteroatoms. The lowest BCUT2D eigenvalue weighted by Gasteiger charge is -2.11. The van der Waals surface area contributed by atoms with Crippen molar-refractivity contribution in [3.8, 4) is 0 Å². The molecule has 148 valence electrons. The number of aromatic nitrogens is 2. The topological polar surface area (TPSA) is 96.2 Å². The number of carbonyl (C=O) groups is 1. The maximum atomic E-state index is 13.1. The van der Waals surface area contributed by atoms with Crippen molar-refractivity contribution in [2.24, 2.45) is 0 Å².